The normalized spacial score (nSPS) is 11.6. The van der Waals surface area contributed by atoms with E-state index < -0.39 is 0 Å². The van der Waals surface area contributed by atoms with E-state index >= 15 is 0 Å². The van der Waals surface area contributed by atoms with Gasteiger partial charge < -0.3 is 4.57 Å². The Morgan fingerprint density at radius 1 is 0.268 bits per heavy atom. The van der Waals surface area contributed by atoms with Gasteiger partial charge in [-0.1, -0.05) is 158 Å². The molecule has 0 aliphatic rings. The predicted molar refractivity (Wildman–Crippen MR) is 230 cm³/mol. The molecule has 0 fully saturated rings. The van der Waals surface area contributed by atoms with Crippen LogP contribution in [0.3, 0.4) is 0 Å². The molecule has 262 valence electrons. The Morgan fingerprint density at radius 2 is 0.732 bits per heavy atom. The van der Waals surface area contributed by atoms with Crippen molar-refractivity contribution in [3.63, 3.8) is 0 Å². The Morgan fingerprint density at radius 3 is 1.38 bits per heavy atom. The number of para-hydroxylation sites is 2. The molecule has 0 radical (unpaired) electrons. The maximum atomic E-state index is 5.28. The van der Waals surface area contributed by atoms with Crippen molar-refractivity contribution in [3.8, 4) is 56.7 Å². The number of nitrogens with zero attached hydrogens (tertiary/aromatic N) is 5. The summed E-state index contributed by atoms with van der Waals surface area (Å²) < 4.78 is 4.59. The highest BCUT2D eigenvalue weighted by molar-refractivity contribution is 6.19. The van der Waals surface area contributed by atoms with Gasteiger partial charge in [0.1, 0.15) is 0 Å². The van der Waals surface area contributed by atoms with Crippen molar-refractivity contribution in [2.45, 2.75) is 0 Å². The zero-order chi connectivity index (χ0) is 37.0. The number of rotatable bonds is 6. The maximum Gasteiger partial charge on any atom is 0.238 e. The quantitative estimate of drug-likeness (QED) is 0.172. The lowest BCUT2D eigenvalue weighted by atomic mass is 10.0. The molecule has 56 heavy (non-hydrogen) atoms. The van der Waals surface area contributed by atoms with Crippen LogP contribution in [-0.2, 0) is 0 Å². The van der Waals surface area contributed by atoms with Gasteiger partial charge in [-0.2, -0.15) is 9.97 Å². The molecule has 11 aromatic rings. The third-order valence-electron chi connectivity index (χ3n) is 10.8. The minimum Gasteiger partial charge on any atom is -0.309 e. The van der Waals surface area contributed by atoms with Gasteiger partial charge in [-0.15, -0.1) is 0 Å². The summed E-state index contributed by atoms with van der Waals surface area (Å²) in [6, 6.07) is 70.4. The summed E-state index contributed by atoms with van der Waals surface area (Å²) in [7, 11) is 0. The van der Waals surface area contributed by atoms with Gasteiger partial charge in [-0.05, 0) is 64.7 Å². The molecular formula is C51H33N5. The van der Waals surface area contributed by atoms with Crippen LogP contribution in [-0.4, -0.2) is 24.1 Å². The minimum atomic E-state index is 0.569. The molecule has 3 heterocycles. The van der Waals surface area contributed by atoms with Crippen LogP contribution < -0.4 is 0 Å². The summed E-state index contributed by atoms with van der Waals surface area (Å²) in [5.41, 5.74) is 11.9. The number of hydrogen-bond donors (Lipinski definition) is 0. The summed E-state index contributed by atoms with van der Waals surface area (Å²) in [5, 5.41) is 4.69. The van der Waals surface area contributed by atoms with Crippen LogP contribution in [0.2, 0.25) is 0 Å². The third-order valence-corrected chi connectivity index (χ3v) is 10.8. The van der Waals surface area contributed by atoms with E-state index in [9.17, 15) is 0 Å². The lowest BCUT2D eigenvalue weighted by Gasteiger charge is -2.12. The van der Waals surface area contributed by atoms with Gasteiger partial charge in [0.05, 0.1) is 22.1 Å². The van der Waals surface area contributed by atoms with Crippen molar-refractivity contribution < 1.29 is 0 Å². The van der Waals surface area contributed by atoms with Crippen molar-refractivity contribution in [1.82, 2.24) is 24.1 Å². The number of hydrogen-bond acceptors (Lipinski definition) is 3. The molecule has 0 aliphatic heterocycles. The van der Waals surface area contributed by atoms with Crippen LogP contribution >= 0.6 is 0 Å². The van der Waals surface area contributed by atoms with Gasteiger partial charge in [-0.3, -0.25) is 4.57 Å². The molecular weight excluding hydrogens is 683 g/mol. The predicted octanol–water partition coefficient (Wildman–Crippen LogP) is 12.7. The molecule has 5 heteroatoms. The van der Waals surface area contributed by atoms with E-state index in [0.717, 1.165) is 60.8 Å². The molecule has 0 N–H and O–H groups in total. The van der Waals surface area contributed by atoms with Crippen molar-refractivity contribution >= 4 is 43.6 Å². The average Bonchev–Trinajstić information content (AvgIpc) is 3.78. The van der Waals surface area contributed by atoms with Gasteiger partial charge in [0.15, 0.2) is 11.6 Å². The van der Waals surface area contributed by atoms with E-state index in [0.29, 0.717) is 17.6 Å². The number of fused-ring (bicyclic) bond motifs is 6. The lowest BCUT2D eigenvalue weighted by molar-refractivity contribution is 0.953. The topological polar surface area (TPSA) is 48.5 Å². The second-order valence-electron chi connectivity index (χ2n) is 14.1. The molecule has 0 bridgehead atoms. The van der Waals surface area contributed by atoms with E-state index in [4.69, 9.17) is 15.0 Å². The zero-order valence-electron chi connectivity index (χ0n) is 30.3. The molecule has 3 aromatic heterocycles. The molecule has 11 rings (SSSR count). The fourth-order valence-electron chi connectivity index (χ4n) is 8.14. The van der Waals surface area contributed by atoms with E-state index in [1.165, 1.54) is 21.9 Å². The zero-order valence-corrected chi connectivity index (χ0v) is 30.3. The highest BCUT2D eigenvalue weighted by Crippen LogP contribution is 2.40. The van der Waals surface area contributed by atoms with E-state index in [-0.39, 0.29) is 0 Å². The first-order valence-corrected chi connectivity index (χ1v) is 18.9. The molecule has 0 spiro atoms. The summed E-state index contributed by atoms with van der Waals surface area (Å²) in [6.07, 6.45) is 0. The first kappa shape index (κ1) is 31.9. The van der Waals surface area contributed by atoms with E-state index in [1.54, 1.807) is 0 Å². The maximum absolute atomic E-state index is 5.28. The summed E-state index contributed by atoms with van der Waals surface area (Å²) in [5.74, 6) is 1.81. The number of aromatic nitrogens is 5. The smallest absolute Gasteiger partial charge is 0.238 e. The van der Waals surface area contributed by atoms with Crippen LogP contribution in [0.15, 0.2) is 200 Å². The van der Waals surface area contributed by atoms with Gasteiger partial charge in [0.2, 0.25) is 5.95 Å². The molecule has 8 aromatic carbocycles. The van der Waals surface area contributed by atoms with Crippen molar-refractivity contribution in [2.75, 3.05) is 0 Å². The largest absolute Gasteiger partial charge is 0.309 e. The van der Waals surface area contributed by atoms with Gasteiger partial charge in [0, 0.05) is 38.4 Å². The Bertz CT molecular complexity index is 3220. The van der Waals surface area contributed by atoms with Crippen LogP contribution in [0.1, 0.15) is 0 Å². The fourth-order valence-corrected chi connectivity index (χ4v) is 8.14. The molecule has 0 saturated carbocycles. The second-order valence-corrected chi connectivity index (χ2v) is 14.1. The third kappa shape index (κ3) is 5.29. The molecule has 0 atom stereocenters. The van der Waals surface area contributed by atoms with E-state index in [1.807, 2.05) is 24.3 Å². The standard InChI is InChI=1S/C51H33N5/c1-4-15-34(16-5-1)36-27-29-40(30-28-36)55-45-25-12-10-23-41(45)43-32-44-42-24-11-13-26-46(42)56(48(44)33-47(43)55)51-53-49(37-19-8-3-9-20-37)52-50(54-51)39-22-14-21-38(31-39)35-17-6-2-7-18-35/h1-33H. The monoisotopic (exact) mass is 715 g/mol. The SMILES string of the molecule is c1ccc(-c2ccc(-n3c4ccccc4c4cc5c6ccccc6n(-c6nc(-c7ccccc7)nc(-c7cccc(-c8ccccc8)c7)n6)c5cc43)cc2)cc1. The van der Waals surface area contributed by atoms with Gasteiger partial charge in [-0.25, -0.2) is 4.98 Å². The molecule has 0 unspecified atom stereocenters. The summed E-state index contributed by atoms with van der Waals surface area (Å²) in [6.45, 7) is 0. The minimum absolute atomic E-state index is 0.569. The average molecular weight is 716 g/mol. The summed E-state index contributed by atoms with van der Waals surface area (Å²) >= 11 is 0. The summed E-state index contributed by atoms with van der Waals surface area (Å²) in [4.78, 5) is 15.6. The van der Waals surface area contributed by atoms with Crippen LogP contribution in [0.25, 0.3) is 100 Å². The molecule has 0 amide bonds. The Hall–Kier alpha value is -7.63. The van der Waals surface area contributed by atoms with E-state index in [2.05, 4.69) is 185 Å². The Balaban J connectivity index is 1.17. The molecule has 5 nitrogen and oxygen atoms in total. The number of benzene rings is 8. The second kappa shape index (κ2) is 13.0. The molecule has 0 aliphatic carbocycles. The molecule has 0 saturated heterocycles. The lowest BCUT2D eigenvalue weighted by Crippen LogP contribution is -2.06. The van der Waals surface area contributed by atoms with Gasteiger partial charge in [0.25, 0.3) is 0 Å². The first-order valence-electron chi connectivity index (χ1n) is 18.9. The Labute approximate surface area is 323 Å². The van der Waals surface area contributed by atoms with Crippen molar-refractivity contribution in [1.29, 1.82) is 0 Å². The highest BCUT2D eigenvalue weighted by Gasteiger charge is 2.21. The fraction of sp³-hybridized carbons (Fsp3) is 0. The van der Waals surface area contributed by atoms with Crippen LogP contribution in [0, 0.1) is 0 Å². The van der Waals surface area contributed by atoms with Crippen LogP contribution in [0.5, 0.6) is 0 Å². The van der Waals surface area contributed by atoms with Gasteiger partial charge >= 0.3 is 0 Å². The Kier molecular flexibility index (Phi) is 7.42. The van der Waals surface area contributed by atoms with Crippen molar-refractivity contribution in [3.05, 3.63) is 200 Å². The first-order chi connectivity index (χ1) is 27.8. The van der Waals surface area contributed by atoms with Crippen molar-refractivity contribution in [2.24, 2.45) is 0 Å². The van der Waals surface area contributed by atoms with Crippen LogP contribution in [0.4, 0.5) is 0 Å². The highest BCUT2D eigenvalue weighted by atomic mass is 15.2.